The van der Waals surface area contributed by atoms with Crippen LogP contribution in [-0.4, -0.2) is 26.8 Å². The predicted molar refractivity (Wildman–Crippen MR) is 64.0 cm³/mol. The second-order valence-electron chi connectivity index (χ2n) is 3.64. The number of nitro groups is 1. The molecule has 2 N–H and O–H groups in total. The van der Waals surface area contributed by atoms with Crippen molar-refractivity contribution in [1.29, 1.82) is 0 Å². The maximum Gasteiger partial charge on any atom is 0.292 e. The van der Waals surface area contributed by atoms with Gasteiger partial charge in [0, 0.05) is 6.07 Å². The Balaban J connectivity index is 2.31. The number of imidazole rings is 1. The van der Waals surface area contributed by atoms with Crippen LogP contribution in [0.5, 0.6) is 0 Å². The number of nitro benzene ring substituents is 1. The number of aromatic carboxylic acids is 1. The normalized spacial score (nSPS) is 10.0. The Labute approximate surface area is 111 Å². The lowest BCUT2D eigenvalue weighted by molar-refractivity contribution is -0.383. The van der Waals surface area contributed by atoms with Crippen molar-refractivity contribution in [3.05, 3.63) is 52.1 Å². The van der Waals surface area contributed by atoms with E-state index in [-0.39, 0.29) is 11.4 Å². The lowest BCUT2D eigenvalue weighted by Gasteiger charge is -2.06. The number of aromatic nitrogens is 2. The Kier molecular flexibility index (Phi) is 3.42. The number of nitrogens with zero attached hydrogens (tertiary/aromatic N) is 2. The van der Waals surface area contributed by atoms with Gasteiger partial charge in [0.05, 0.1) is 22.9 Å². The van der Waals surface area contributed by atoms with E-state index in [1.54, 1.807) is 0 Å². The molecule has 9 heteroatoms. The molecule has 1 aromatic heterocycles. The zero-order valence-electron chi connectivity index (χ0n) is 9.82. The fourth-order valence-corrected chi connectivity index (χ4v) is 1.54. The van der Waals surface area contributed by atoms with Crippen LogP contribution in [0.15, 0.2) is 30.6 Å². The van der Waals surface area contributed by atoms with E-state index in [4.69, 9.17) is 0 Å². The van der Waals surface area contributed by atoms with Gasteiger partial charge < -0.3 is 20.2 Å². The maximum absolute atomic E-state index is 11.9. The Morgan fingerprint density at radius 2 is 2.00 bits per heavy atom. The summed E-state index contributed by atoms with van der Waals surface area (Å²) < 4.78 is 0. The van der Waals surface area contributed by atoms with Crippen molar-refractivity contribution in [2.24, 2.45) is 0 Å². The molecule has 1 aromatic carbocycles. The molecule has 0 spiro atoms. The highest BCUT2D eigenvalue weighted by Crippen LogP contribution is 2.23. The van der Waals surface area contributed by atoms with Gasteiger partial charge in [0.1, 0.15) is 5.69 Å². The molecular formula is C11H7N4O5-. The van der Waals surface area contributed by atoms with E-state index in [0.29, 0.717) is 0 Å². The van der Waals surface area contributed by atoms with Crippen molar-refractivity contribution >= 4 is 23.3 Å². The minimum absolute atomic E-state index is 0.0604. The molecule has 1 heterocycles. The lowest BCUT2D eigenvalue weighted by atomic mass is 10.2. The summed E-state index contributed by atoms with van der Waals surface area (Å²) in [6.07, 6.45) is 1.01. The average molecular weight is 275 g/mol. The Hall–Kier alpha value is -3.23. The van der Waals surface area contributed by atoms with Crippen LogP contribution in [0.4, 0.5) is 11.4 Å². The molecule has 2 rings (SSSR count). The number of hydrogen-bond donors (Lipinski definition) is 2. The summed E-state index contributed by atoms with van der Waals surface area (Å²) in [6, 6.07) is 5.46. The van der Waals surface area contributed by atoms with Gasteiger partial charge in [-0.3, -0.25) is 14.9 Å². The minimum atomic E-state index is -1.60. The summed E-state index contributed by atoms with van der Waals surface area (Å²) >= 11 is 0. The van der Waals surface area contributed by atoms with E-state index in [0.717, 1.165) is 6.33 Å². The highest BCUT2D eigenvalue weighted by atomic mass is 16.6. The number of anilines is 1. The fourth-order valence-electron chi connectivity index (χ4n) is 1.54. The molecule has 0 bridgehead atoms. The smallest absolute Gasteiger partial charge is 0.292 e. The number of carbonyl (C=O) groups is 2. The van der Waals surface area contributed by atoms with Crippen LogP contribution in [0.25, 0.3) is 0 Å². The van der Waals surface area contributed by atoms with Crippen molar-refractivity contribution in [3.8, 4) is 0 Å². The number of rotatable bonds is 4. The molecule has 0 atom stereocenters. The predicted octanol–water partition coefficient (Wildman–Crippen LogP) is -0.0663. The van der Waals surface area contributed by atoms with Crippen LogP contribution in [0, 0.1) is 10.1 Å². The second-order valence-corrected chi connectivity index (χ2v) is 3.64. The molecule has 0 saturated heterocycles. The summed E-state index contributed by atoms with van der Waals surface area (Å²) in [4.78, 5) is 38.5. The van der Waals surface area contributed by atoms with E-state index in [1.807, 2.05) is 0 Å². The van der Waals surface area contributed by atoms with E-state index >= 15 is 0 Å². The molecule has 0 aliphatic heterocycles. The topological polar surface area (TPSA) is 141 Å². The summed E-state index contributed by atoms with van der Waals surface area (Å²) in [5.41, 5.74) is -1.29. The summed E-state index contributed by atoms with van der Waals surface area (Å²) in [6.45, 7) is 0. The molecule has 0 unspecified atom stereocenters. The Morgan fingerprint density at radius 1 is 1.30 bits per heavy atom. The Bertz CT molecular complexity index is 694. The first kappa shape index (κ1) is 13.2. The number of benzene rings is 1. The first-order valence-corrected chi connectivity index (χ1v) is 5.30. The van der Waals surface area contributed by atoms with Gasteiger partial charge in [-0.05, 0) is 6.07 Å². The van der Waals surface area contributed by atoms with Crippen molar-refractivity contribution < 1.29 is 19.6 Å². The molecule has 0 saturated carbocycles. The number of para-hydroxylation sites is 2. The molecule has 0 aliphatic carbocycles. The molecule has 20 heavy (non-hydrogen) atoms. The third-order valence-electron chi connectivity index (χ3n) is 2.41. The number of hydrogen-bond acceptors (Lipinski definition) is 6. The minimum Gasteiger partial charge on any atom is -0.543 e. The number of H-pyrrole nitrogens is 1. The number of amides is 1. The van der Waals surface area contributed by atoms with E-state index in [9.17, 15) is 24.8 Å². The maximum atomic E-state index is 11.9. The fraction of sp³-hybridized carbons (Fsp3) is 0. The molecule has 102 valence electrons. The summed E-state index contributed by atoms with van der Waals surface area (Å²) in [5.74, 6) is -2.49. The first-order valence-electron chi connectivity index (χ1n) is 5.30. The summed E-state index contributed by atoms with van der Waals surface area (Å²) in [7, 11) is 0. The average Bonchev–Trinajstić information content (AvgIpc) is 2.88. The van der Waals surface area contributed by atoms with Gasteiger partial charge in [0.25, 0.3) is 11.6 Å². The van der Waals surface area contributed by atoms with Gasteiger partial charge >= 0.3 is 0 Å². The van der Waals surface area contributed by atoms with Crippen molar-refractivity contribution in [1.82, 2.24) is 9.97 Å². The lowest BCUT2D eigenvalue weighted by Crippen LogP contribution is -2.26. The molecular weight excluding hydrogens is 268 g/mol. The van der Waals surface area contributed by atoms with Gasteiger partial charge in [-0.1, -0.05) is 12.1 Å². The number of nitrogens with one attached hydrogen (secondary N) is 2. The van der Waals surface area contributed by atoms with E-state index in [2.05, 4.69) is 15.3 Å². The van der Waals surface area contributed by atoms with E-state index < -0.39 is 28.2 Å². The number of carboxylic acids is 1. The number of carboxylic acid groups (broad SMARTS) is 1. The highest BCUT2D eigenvalue weighted by molar-refractivity contribution is 6.09. The van der Waals surface area contributed by atoms with Crippen LogP contribution < -0.4 is 10.4 Å². The van der Waals surface area contributed by atoms with Gasteiger partial charge in [-0.25, -0.2) is 4.98 Å². The van der Waals surface area contributed by atoms with Gasteiger partial charge in [-0.15, -0.1) is 0 Å². The molecule has 1 amide bonds. The van der Waals surface area contributed by atoms with Crippen LogP contribution in [0.2, 0.25) is 0 Å². The van der Waals surface area contributed by atoms with Gasteiger partial charge in [0.2, 0.25) is 0 Å². The van der Waals surface area contributed by atoms with Crippen LogP contribution >= 0.6 is 0 Å². The van der Waals surface area contributed by atoms with Crippen LogP contribution in [-0.2, 0) is 0 Å². The van der Waals surface area contributed by atoms with Crippen molar-refractivity contribution in [3.63, 3.8) is 0 Å². The zero-order chi connectivity index (χ0) is 14.7. The molecule has 0 radical (unpaired) electrons. The standard InChI is InChI=1S/C11H8N4O5/c16-10(8-9(11(17)18)13-5-12-8)14-6-3-1-2-4-7(6)15(19)20/h1-5H,(H,12,13)(H,14,16)(H,17,18)/p-1. The second kappa shape index (κ2) is 5.18. The first-order chi connectivity index (χ1) is 9.50. The third kappa shape index (κ3) is 2.46. The third-order valence-corrected chi connectivity index (χ3v) is 2.41. The zero-order valence-corrected chi connectivity index (χ0v) is 9.82. The number of aromatic amines is 1. The quantitative estimate of drug-likeness (QED) is 0.591. The highest BCUT2D eigenvalue weighted by Gasteiger charge is 2.19. The largest absolute Gasteiger partial charge is 0.543 e. The molecule has 9 nitrogen and oxygen atoms in total. The number of carbonyl (C=O) groups excluding carboxylic acids is 2. The summed E-state index contributed by atoms with van der Waals surface area (Å²) in [5, 5.41) is 23.8. The molecule has 0 fully saturated rings. The molecule has 0 aliphatic rings. The Morgan fingerprint density at radius 3 is 2.65 bits per heavy atom. The SMILES string of the molecule is O=C(Nc1ccccc1[N+](=O)[O-])c1nc[nH]c1C(=O)[O-]. The van der Waals surface area contributed by atoms with Crippen LogP contribution in [0.3, 0.4) is 0 Å². The van der Waals surface area contributed by atoms with Crippen molar-refractivity contribution in [2.45, 2.75) is 0 Å². The van der Waals surface area contributed by atoms with Crippen LogP contribution in [0.1, 0.15) is 21.0 Å². The molecule has 2 aromatic rings. The van der Waals surface area contributed by atoms with E-state index in [1.165, 1.54) is 24.3 Å². The van der Waals surface area contributed by atoms with Gasteiger partial charge in [0.15, 0.2) is 5.69 Å². The van der Waals surface area contributed by atoms with Gasteiger partial charge in [-0.2, -0.15) is 0 Å². The monoisotopic (exact) mass is 275 g/mol. The van der Waals surface area contributed by atoms with Crippen molar-refractivity contribution in [2.75, 3.05) is 5.32 Å².